The van der Waals surface area contributed by atoms with Gasteiger partial charge in [0.05, 0.1) is 17.5 Å². The summed E-state index contributed by atoms with van der Waals surface area (Å²) in [6.45, 7) is 8.50. The van der Waals surface area contributed by atoms with E-state index in [0.29, 0.717) is 12.5 Å². The smallest absolute Gasteiger partial charge is 0.269 e. The second-order valence-corrected chi connectivity index (χ2v) is 8.17. The highest BCUT2D eigenvalue weighted by atomic mass is 16.6. The SMILES string of the molecule is CC(C)C(c1nnnn1Cc1ccccc1)N1CCN(c2ccc([N+](=O)[O-])cc2)CC1. The number of piperazine rings is 1. The summed E-state index contributed by atoms with van der Waals surface area (Å²) in [5.41, 5.74) is 2.30. The molecule has 2 heterocycles. The highest BCUT2D eigenvalue weighted by Gasteiger charge is 2.31. The molecule has 3 aromatic rings. The van der Waals surface area contributed by atoms with Crippen LogP contribution in [-0.2, 0) is 6.54 Å². The summed E-state index contributed by atoms with van der Waals surface area (Å²) in [6.07, 6.45) is 0. The van der Waals surface area contributed by atoms with E-state index in [2.05, 4.69) is 51.3 Å². The summed E-state index contributed by atoms with van der Waals surface area (Å²) in [7, 11) is 0. The van der Waals surface area contributed by atoms with Gasteiger partial charge in [0.2, 0.25) is 0 Å². The van der Waals surface area contributed by atoms with Gasteiger partial charge >= 0.3 is 0 Å². The first-order valence-corrected chi connectivity index (χ1v) is 10.6. The van der Waals surface area contributed by atoms with Gasteiger partial charge in [0, 0.05) is 44.0 Å². The molecule has 1 unspecified atom stereocenters. The van der Waals surface area contributed by atoms with Crippen molar-refractivity contribution in [2.24, 2.45) is 5.92 Å². The standard InChI is InChI=1S/C22H27N7O2/c1-17(2)21(22-23-24-25-28(22)16-18-6-4-3-5-7-18)27-14-12-26(13-15-27)19-8-10-20(11-9-19)29(30)31/h3-11,17,21H,12-16H2,1-2H3. The fourth-order valence-corrected chi connectivity index (χ4v) is 4.22. The van der Waals surface area contributed by atoms with Crippen molar-refractivity contribution in [2.45, 2.75) is 26.4 Å². The lowest BCUT2D eigenvalue weighted by Gasteiger charge is -2.41. The predicted octanol–water partition coefficient (Wildman–Crippen LogP) is 3.15. The van der Waals surface area contributed by atoms with E-state index in [-0.39, 0.29) is 16.7 Å². The largest absolute Gasteiger partial charge is 0.369 e. The monoisotopic (exact) mass is 421 g/mol. The van der Waals surface area contributed by atoms with Crippen LogP contribution in [0.5, 0.6) is 0 Å². The van der Waals surface area contributed by atoms with Crippen molar-refractivity contribution >= 4 is 11.4 Å². The van der Waals surface area contributed by atoms with Gasteiger partial charge in [0.15, 0.2) is 5.82 Å². The summed E-state index contributed by atoms with van der Waals surface area (Å²) in [5, 5.41) is 23.5. The third kappa shape index (κ3) is 4.72. The molecule has 2 aromatic carbocycles. The van der Waals surface area contributed by atoms with E-state index >= 15 is 0 Å². The Bertz CT molecular complexity index is 996. The lowest BCUT2D eigenvalue weighted by Crippen LogP contribution is -2.49. The van der Waals surface area contributed by atoms with Crippen LogP contribution in [0.2, 0.25) is 0 Å². The molecule has 0 bridgehead atoms. The minimum absolute atomic E-state index is 0.118. The summed E-state index contributed by atoms with van der Waals surface area (Å²) >= 11 is 0. The minimum atomic E-state index is -0.366. The van der Waals surface area contributed by atoms with Crippen LogP contribution in [0.25, 0.3) is 0 Å². The highest BCUT2D eigenvalue weighted by molar-refractivity contribution is 5.51. The number of non-ortho nitro benzene ring substituents is 1. The number of nitro benzene ring substituents is 1. The number of anilines is 1. The topological polar surface area (TPSA) is 93.2 Å². The second kappa shape index (κ2) is 9.22. The van der Waals surface area contributed by atoms with E-state index in [9.17, 15) is 10.1 Å². The number of tetrazole rings is 1. The van der Waals surface area contributed by atoms with Gasteiger partial charge in [-0.15, -0.1) is 5.10 Å². The first-order valence-electron chi connectivity index (χ1n) is 10.6. The lowest BCUT2D eigenvalue weighted by atomic mass is 10.0. The van der Waals surface area contributed by atoms with Crippen LogP contribution in [0.4, 0.5) is 11.4 Å². The number of aromatic nitrogens is 4. The van der Waals surface area contributed by atoms with Gasteiger partial charge < -0.3 is 4.90 Å². The van der Waals surface area contributed by atoms with E-state index in [1.807, 2.05) is 35.0 Å². The molecule has 1 aliphatic rings. The number of hydrogen-bond donors (Lipinski definition) is 0. The Morgan fingerprint density at radius 1 is 1.00 bits per heavy atom. The highest BCUT2D eigenvalue weighted by Crippen LogP contribution is 2.29. The molecule has 0 spiro atoms. The van der Waals surface area contributed by atoms with Gasteiger partial charge in [-0.1, -0.05) is 44.2 Å². The summed E-state index contributed by atoms with van der Waals surface area (Å²) in [5.74, 6) is 1.24. The van der Waals surface area contributed by atoms with E-state index < -0.39 is 0 Å². The third-order valence-electron chi connectivity index (χ3n) is 5.76. The fourth-order valence-electron chi connectivity index (χ4n) is 4.22. The average Bonchev–Trinajstić information content (AvgIpc) is 3.22. The van der Waals surface area contributed by atoms with Crippen molar-refractivity contribution in [1.82, 2.24) is 25.1 Å². The van der Waals surface area contributed by atoms with Crippen LogP contribution in [0.15, 0.2) is 54.6 Å². The zero-order valence-corrected chi connectivity index (χ0v) is 17.8. The van der Waals surface area contributed by atoms with Crippen molar-refractivity contribution < 1.29 is 4.92 Å². The molecule has 0 N–H and O–H groups in total. The fraction of sp³-hybridized carbons (Fsp3) is 0.409. The van der Waals surface area contributed by atoms with Crippen molar-refractivity contribution in [3.05, 3.63) is 76.1 Å². The molecule has 0 radical (unpaired) electrons. The maximum absolute atomic E-state index is 10.9. The van der Waals surface area contributed by atoms with E-state index in [0.717, 1.165) is 37.7 Å². The maximum Gasteiger partial charge on any atom is 0.269 e. The zero-order chi connectivity index (χ0) is 21.8. The minimum Gasteiger partial charge on any atom is -0.369 e. The molecule has 4 rings (SSSR count). The number of hydrogen-bond acceptors (Lipinski definition) is 7. The lowest BCUT2D eigenvalue weighted by molar-refractivity contribution is -0.384. The van der Waals surface area contributed by atoms with Gasteiger partial charge in [-0.3, -0.25) is 15.0 Å². The van der Waals surface area contributed by atoms with Crippen molar-refractivity contribution in [3.63, 3.8) is 0 Å². The molecule has 0 aliphatic carbocycles. The van der Waals surface area contributed by atoms with Crippen LogP contribution >= 0.6 is 0 Å². The molecule has 1 aliphatic heterocycles. The van der Waals surface area contributed by atoms with Gasteiger partial charge in [-0.2, -0.15) is 0 Å². The molecule has 1 fully saturated rings. The summed E-state index contributed by atoms with van der Waals surface area (Å²) < 4.78 is 1.91. The quantitative estimate of drug-likeness (QED) is 0.427. The normalized spacial score (nSPS) is 15.9. The van der Waals surface area contributed by atoms with Gasteiger partial charge in [-0.25, -0.2) is 4.68 Å². The van der Waals surface area contributed by atoms with Crippen LogP contribution in [0.1, 0.15) is 31.3 Å². The Labute approximate surface area is 181 Å². The first kappa shape index (κ1) is 20.9. The average molecular weight is 422 g/mol. The van der Waals surface area contributed by atoms with Crippen LogP contribution < -0.4 is 4.90 Å². The van der Waals surface area contributed by atoms with Gasteiger partial charge in [0.25, 0.3) is 5.69 Å². The predicted molar refractivity (Wildman–Crippen MR) is 118 cm³/mol. The van der Waals surface area contributed by atoms with Crippen molar-refractivity contribution in [1.29, 1.82) is 0 Å². The van der Waals surface area contributed by atoms with Crippen LogP contribution in [-0.4, -0.2) is 56.2 Å². The molecule has 31 heavy (non-hydrogen) atoms. The van der Waals surface area contributed by atoms with Crippen molar-refractivity contribution in [2.75, 3.05) is 31.1 Å². The molecule has 1 aromatic heterocycles. The van der Waals surface area contributed by atoms with Crippen molar-refractivity contribution in [3.8, 4) is 0 Å². The Morgan fingerprint density at radius 2 is 1.68 bits per heavy atom. The molecule has 9 nitrogen and oxygen atoms in total. The summed E-state index contributed by atoms with van der Waals surface area (Å²) in [6, 6.07) is 17.1. The number of nitrogens with zero attached hydrogens (tertiary/aromatic N) is 7. The zero-order valence-electron chi connectivity index (χ0n) is 17.8. The number of nitro groups is 1. The molecular formula is C22H27N7O2. The van der Waals surface area contributed by atoms with E-state index in [4.69, 9.17) is 0 Å². The molecule has 9 heteroatoms. The molecule has 0 amide bonds. The van der Waals surface area contributed by atoms with E-state index in [1.165, 1.54) is 5.56 Å². The molecule has 0 saturated carbocycles. The van der Waals surface area contributed by atoms with Gasteiger partial charge in [-0.05, 0) is 34.0 Å². The Hall–Kier alpha value is -3.33. The number of rotatable bonds is 7. The Balaban J connectivity index is 1.46. The molecule has 1 atom stereocenters. The second-order valence-electron chi connectivity index (χ2n) is 8.17. The van der Waals surface area contributed by atoms with Gasteiger partial charge in [0.1, 0.15) is 0 Å². The molecule has 162 valence electrons. The molecule has 1 saturated heterocycles. The van der Waals surface area contributed by atoms with E-state index in [1.54, 1.807) is 12.1 Å². The third-order valence-corrected chi connectivity index (χ3v) is 5.76. The Morgan fingerprint density at radius 3 is 2.29 bits per heavy atom. The Kier molecular flexibility index (Phi) is 6.22. The van der Waals surface area contributed by atoms with Crippen LogP contribution in [0, 0.1) is 16.0 Å². The summed E-state index contributed by atoms with van der Waals surface area (Å²) in [4.78, 5) is 15.2. The first-order chi connectivity index (χ1) is 15.0. The molecular weight excluding hydrogens is 394 g/mol. The number of benzene rings is 2. The van der Waals surface area contributed by atoms with Crippen LogP contribution in [0.3, 0.4) is 0 Å². The maximum atomic E-state index is 10.9.